The molecule has 0 aliphatic rings. The molecule has 4 nitrogen and oxygen atoms in total. The Morgan fingerprint density at radius 3 is 2.31 bits per heavy atom. The van der Waals surface area contributed by atoms with Crippen molar-refractivity contribution in [3.05, 3.63) is 0 Å². The highest BCUT2D eigenvalue weighted by Crippen LogP contribution is 1.77. The van der Waals surface area contributed by atoms with E-state index in [0.717, 1.165) is 13.1 Å². The van der Waals surface area contributed by atoms with Gasteiger partial charge in [0.05, 0.1) is 26.4 Å². The molecule has 0 aliphatic heterocycles. The van der Waals surface area contributed by atoms with Crippen LogP contribution in [-0.4, -0.2) is 51.9 Å². The van der Waals surface area contributed by atoms with Gasteiger partial charge in [-0.1, -0.05) is 0 Å². The highest BCUT2D eigenvalue weighted by molar-refractivity contribution is 6.18. The summed E-state index contributed by atoms with van der Waals surface area (Å²) >= 11 is 5.46. The Kier molecular flexibility index (Phi) is 12.3. The van der Waals surface area contributed by atoms with Crippen LogP contribution in [-0.2, 0) is 9.47 Å². The van der Waals surface area contributed by atoms with E-state index in [-0.39, 0.29) is 0 Å². The molecule has 0 saturated heterocycles. The molecular formula is C8H19ClN2O2. The van der Waals surface area contributed by atoms with Gasteiger partial charge in [0.1, 0.15) is 0 Å². The van der Waals surface area contributed by atoms with Gasteiger partial charge in [-0.05, 0) is 0 Å². The molecule has 0 rings (SSSR count). The van der Waals surface area contributed by atoms with Crippen molar-refractivity contribution in [2.75, 3.05) is 51.9 Å². The summed E-state index contributed by atoms with van der Waals surface area (Å²) in [6.45, 7) is 4.78. The van der Waals surface area contributed by atoms with Gasteiger partial charge in [-0.2, -0.15) is 0 Å². The number of halogens is 1. The van der Waals surface area contributed by atoms with Crippen LogP contribution < -0.4 is 11.1 Å². The number of alkyl halides is 1. The normalized spacial score (nSPS) is 10.6. The van der Waals surface area contributed by atoms with E-state index in [1.165, 1.54) is 0 Å². The van der Waals surface area contributed by atoms with E-state index in [0.29, 0.717) is 38.9 Å². The van der Waals surface area contributed by atoms with Crippen molar-refractivity contribution in [1.82, 2.24) is 5.32 Å². The fourth-order valence-electron chi connectivity index (χ4n) is 0.741. The molecule has 0 saturated carbocycles. The van der Waals surface area contributed by atoms with Gasteiger partial charge in [0.15, 0.2) is 0 Å². The molecule has 80 valence electrons. The quantitative estimate of drug-likeness (QED) is 0.388. The average molecular weight is 211 g/mol. The number of nitrogens with two attached hydrogens (primary N) is 1. The fraction of sp³-hybridized carbons (Fsp3) is 1.00. The van der Waals surface area contributed by atoms with E-state index in [1.807, 2.05) is 0 Å². The van der Waals surface area contributed by atoms with Crippen LogP contribution in [0.3, 0.4) is 0 Å². The van der Waals surface area contributed by atoms with Gasteiger partial charge in [0.2, 0.25) is 0 Å². The molecule has 0 atom stereocenters. The Bertz CT molecular complexity index is 86.2. The highest BCUT2D eigenvalue weighted by Gasteiger charge is 1.89. The van der Waals surface area contributed by atoms with Crippen molar-refractivity contribution in [2.45, 2.75) is 0 Å². The highest BCUT2D eigenvalue weighted by atomic mass is 35.5. The van der Waals surface area contributed by atoms with Gasteiger partial charge in [-0.15, -0.1) is 11.6 Å². The summed E-state index contributed by atoms with van der Waals surface area (Å²) in [5, 5.41) is 3.12. The van der Waals surface area contributed by atoms with E-state index >= 15 is 0 Å². The predicted octanol–water partition coefficient (Wildman–Crippen LogP) is -0.193. The molecule has 0 aliphatic carbocycles. The Morgan fingerprint density at radius 1 is 1.00 bits per heavy atom. The Labute approximate surface area is 84.7 Å². The van der Waals surface area contributed by atoms with Crippen molar-refractivity contribution in [3.63, 3.8) is 0 Å². The SMILES string of the molecule is NCCOCCOCCNCCCl. The maximum Gasteiger partial charge on any atom is 0.0701 e. The predicted molar refractivity (Wildman–Crippen MR) is 54.3 cm³/mol. The first-order valence-corrected chi connectivity index (χ1v) is 5.07. The molecule has 5 heteroatoms. The summed E-state index contributed by atoms with van der Waals surface area (Å²) in [5.74, 6) is 0.639. The Hall–Kier alpha value is 0.130. The first-order chi connectivity index (χ1) is 6.41. The molecular weight excluding hydrogens is 192 g/mol. The molecule has 0 fully saturated rings. The number of nitrogens with one attached hydrogen (secondary N) is 1. The zero-order valence-electron chi connectivity index (χ0n) is 7.93. The summed E-state index contributed by atoms with van der Waals surface area (Å²) in [4.78, 5) is 0. The molecule has 13 heavy (non-hydrogen) atoms. The molecule has 0 aromatic carbocycles. The summed E-state index contributed by atoms with van der Waals surface area (Å²) in [5.41, 5.74) is 5.24. The van der Waals surface area contributed by atoms with Crippen molar-refractivity contribution in [1.29, 1.82) is 0 Å². The third kappa shape index (κ3) is 12.1. The monoisotopic (exact) mass is 210 g/mol. The van der Waals surface area contributed by atoms with Crippen LogP contribution >= 0.6 is 11.6 Å². The number of rotatable bonds is 10. The first-order valence-electron chi connectivity index (χ1n) is 4.54. The zero-order chi connectivity index (χ0) is 9.78. The lowest BCUT2D eigenvalue weighted by molar-refractivity contribution is 0.0520. The molecule has 0 radical (unpaired) electrons. The van der Waals surface area contributed by atoms with Crippen LogP contribution in [0.1, 0.15) is 0 Å². The molecule has 0 bridgehead atoms. The van der Waals surface area contributed by atoms with Gasteiger partial charge in [0, 0.05) is 25.5 Å². The van der Waals surface area contributed by atoms with Gasteiger partial charge in [-0.25, -0.2) is 0 Å². The van der Waals surface area contributed by atoms with E-state index in [9.17, 15) is 0 Å². The summed E-state index contributed by atoms with van der Waals surface area (Å²) in [7, 11) is 0. The summed E-state index contributed by atoms with van der Waals surface area (Å²) in [6, 6.07) is 0. The molecule has 3 N–H and O–H groups in total. The minimum absolute atomic E-state index is 0.567. The minimum Gasteiger partial charge on any atom is -0.378 e. The first kappa shape index (κ1) is 13.1. The van der Waals surface area contributed by atoms with E-state index in [4.69, 9.17) is 26.8 Å². The largest absolute Gasteiger partial charge is 0.378 e. The van der Waals surface area contributed by atoms with Crippen LogP contribution in [0.4, 0.5) is 0 Å². The van der Waals surface area contributed by atoms with E-state index in [2.05, 4.69) is 5.32 Å². The van der Waals surface area contributed by atoms with Crippen LogP contribution in [0.5, 0.6) is 0 Å². The standard InChI is InChI=1S/C8H19ClN2O2/c9-1-3-11-4-6-13-8-7-12-5-2-10/h11H,1-8,10H2. The van der Waals surface area contributed by atoms with Gasteiger partial charge >= 0.3 is 0 Å². The lowest BCUT2D eigenvalue weighted by atomic mass is 10.6. The molecule has 0 unspecified atom stereocenters. The maximum absolute atomic E-state index is 5.46. The molecule has 0 heterocycles. The van der Waals surface area contributed by atoms with E-state index < -0.39 is 0 Å². The van der Waals surface area contributed by atoms with Crippen molar-refractivity contribution in [2.24, 2.45) is 5.73 Å². The average Bonchev–Trinajstić information content (AvgIpc) is 2.16. The lowest BCUT2D eigenvalue weighted by Crippen LogP contribution is -2.22. The molecule has 0 spiro atoms. The molecule has 0 amide bonds. The summed E-state index contributed by atoms with van der Waals surface area (Å²) in [6.07, 6.45) is 0. The second kappa shape index (κ2) is 12.1. The van der Waals surface area contributed by atoms with Crippen LogP contribution in [0.25, 0.3) is 0 Å². The zero-order valence-corrected chi connectivity index (χ0v) is 8.68. The third-order valence-corrected chi connectivity index (χ3v) is 1.52. The van der Waals surface area contributed by atoms with Crippen molar-refractivity contribution in [3.8, 4) is 0 Å². The van der Waals surface area contributed by atoms with Gasteiger partial charge in [-0.3, -0.25) is 0 Å². The van der Waals surface area contributed by atoms with Gasteiger partial charge in [0.25, 0.3) is 0 Å². The number of hydrogen-bond donors (Lipinski definition) is 2. The fourth-order valence-corrected chi connectivity index (χ4v) is 0.875. The van der Waals surface area contributed by atoms with Crippen molar-refractivity contribution < 1.29 is 9.47 Å². The Morgan fingerprint density at radius 2 is 1.69 bits per heavy atom. The minimum atomic E-state index is 0.567. The lowest BCUT2D eigenvalue weighted by Gasteiger charge is -2.05. The Balaban J connectivity index is 2.76. The van der Waals surface area contributed by atoms with E-state index in [1.54, 1.807) is 0 Å². The van der Waals surface area contributed by atoms with Crippen molar-refractivity contribution >= 4 is 11.6 Å². The second-order valence-electron chi connectivity index (χ2n) is 2.45. The molecule has 0 aromatic heterocycles. The van der Waals surface area contributed by atoms with Gasteiger partial charge < -0.3 is 20.5 Å². The number of ether oxygens (including phenoxy) is 2. The molecule has 0 aromatic rings. The summed E-state index contributed by atoms with van der Waals surface area (Å²) < 4.78 is 10.4. The van der Waals surface area contributed by atoms with Crippen LogP contribution in [0, 0.1) is 0 Å². The van der Waals surface area contributed by atoms with Crippen LogP contribution in [0.2, 0.25) is 0 Å². The number of hydrogen-bond acceptors (Lipinski definition) is 4. The third-order valence-electron chi connectivity index (χ3n) is 1.33. The van der Waals surface area contributed by atoms with Crippen LogP contribution in [0.15, 0.2) is 0 Å². The second-order valence-corrected chi connectivity index (χ2v) is 2.83. The smallest absolute Gasteiger partial charge is 0.0701 e. The maximum atomic E-state index is 5.46. The topological polar surface area (TPSA) is 56.5 Å².